The van der Waals surface area contributed by atoms with E-state index in [1.54, 1.807) is 10.9 Å². The fourth-order valence-corrected chi connectivity index (χ4v) is 1.90. The fourth-order valence-electron chi connectivity index (χ4n) is 1.90. The van der Waals surface area contributed by atoms with Crippen molar-refractivity contribution in [1.82, 2.24) is 15.1 Å². The Labute approximate surface area is 143 Å². The minimum atomic E-state index is 0. The number of halogens is 2. The average Bonchev–Trinajstić information content (AvgIpc) is 2.97. The Balaban J connectivity index is 0.00000220. The van der Waals surface area contributed by atoms with Crippen molar-refractivity contribution in [2.45, 2.75) is 26.4 Å². The number of rotatable bonds is 7. The first kappa shape index (κ1) is 20.4. The molecule has 2 rings (SSSR count). The van der Waals surface area contributed by atoms with E-state index in [1.165, 1.54) is 0 Å². The van der Waals surface area contributed by atoms with Crippen molar-refractivity contribution in [1.29, 1.82) is 0 Å². The Kier molecular flexibility index (Phi) is 10.3. The summed E-state index contributed by atoms with van der Waals surface area (Å²) in [7, 11) is 0. The summed E-state index contributed by atoms with van der Waals surface area (Å²) < 4.78 is 1.75. The highest BCUT2D eigenvalue weighted by Crippen LogP contribution is 2.11. The van der Waals surface area contributed by atoms with E-state index < -0.39 is 0 Å². The number of aromatic nitrogens is 2. The van der Waals surface area contributed by atoms with E-state index in [2.05, 4.69) is 22.7 Å². The minimum absolute atomic E-state index is 0. The summed E-state index contributed by atoms with van der Waals surface area (Å²) in [5.41, 5.74) is 2.00. The number of hydrogen-bond donors (Lipinski definition) is 2. The van der Waals surface area contributed by atoms with Crippen LogP contribution in [-0.4, -0.2) is 22.2 Å². The van der Waals surface area contributed by atoms with Gasteiger partial charge in [-0.15, -0.1) is 24.8 Å². The molecule has 0 aliphatic carbocycles. The molecule has 0 atom stereocenters. The monoisotopic (exact) mass is 344 g/mol. The van der Waals surface area contributed by atoms with Gasteiger partial charge in [0.2, 0.25) is 5.91 Å². The highest BCUT2D eigenvalue weighted by Gasteiger charge is 2.03. The third-order valence-corrected chi connectivity index (χ3v) is 2.92. The summed E-state index contributed by atoms with van der Waals surface area (Å²) in [5.74, 6) is 0.00102. The predicted molar refractivity (Wildman–Crippen MR) is 93.8 cm³/mol. The molecule has 1 aromatic carbocycles. The van der Waals surface area contributed by atoms with Gasteiger partial charge in [-0.3, -0.25) is 9.48 Å². The van der Waals surface area contributed by atoms with Crippen LogP contribution in [0, 0.1) is 0 Å². The van der Waals surface area contributed by atoms with Crippen molar-refractivity contribution in [3.8, 4) is 0 Å². The van der Waals surface area contributed by atoms with Gasteiger partial charge in [0.05, 0.1) is 0 Å². The third-order valence-electron chi connectivity index (χ3n) is 2.92. The summed E-state index contributed by atoms with van der Waals surface area (Å²) in [6, 6.07) is 9.75. The summed E-state index contributed by atoms with van der Waals surface area (Å²) in [4.78, 5) is 11.9. The van der Waals surface area contributed by atoms with Crippen molar-refractivity contribution in [3.63, 3.8) is 0 Å². The van der Waals surface area contributed by atoms with Crippen LogP contribution in [0.1, 0.15) is 18.9 Å². The van der Waals surface area contributed by atoms with Crippen LogP contribution in [0.5, 0.6) is 0 Å². The molecule has 1 amide bonds. The first-order chi connectivity index (χ1) is 9.78. The Morgan fingerprint density at radius 3 is 2.77 bits per heavy atom. The van der Waals surface area contributed by atoms with Crippen molar-refractivity contribution in [2.24, 2.45) is 0 Å². The molecule has 0 aliphatic rings. The maximum atomic E-state index is 11.9. The van der Waals surface area contributed by atoms with Gasteiger partial charge in [-0.25, -0.2) is 0 Å². The van der Waals surface area contributed by atoms with Crippen molar-refractivity contribution in [2.75, 3.05) is 11.9 Å². The van der Waals surface area contributed by atoms with Gasteiger partial charge in [0.15, 0.2) is 0 Å². The van der Waals surface area contributed by atoms with E-state index in [-0.39, 0.29) is 30.7 Å². The molecule has 1 heterocycles. The Morgan fingerprint density at radius 2 is 2.09 bits per heavy atom. The topological polar surface area (TPSA) is 58.9 Å². The molecule has 0 saturated carbocycles. The number of hydrogen-bond acceptors (Lipinski definition) is 3. The molecule has 0 spiro atoms. The highest BCUT2D eigenvalue weighted by atomic mass is 35.5. The number of nitrogens with one attached hydrogen (secondary N) is 2. The second-order valence-corrected chi connectivity index (χ2v) is 4.55. The van der Waals surface area contributed by atoms with E-state index in [9.17, 15) is 4.79 Å². The van der Waals surface area contributed by atoms with Gasteiger partial charge in [-0.05, 0) is 30.3 Å². The molecule has 7 heteroatoms. The Hall–Kier alpha value is -1.56. The zero-order valence-electron chi connectivity index (χ0n) is 12.5. The molecule has 0 aliphatic heterocycles. The minimum Gasteiger partial charge on any atom is -0.326 e. The van der Waals surface area contributed by atoms with Gasteiger partial charge < -0.3 is 10.6 Å². The number of amides is 1. The standard InChI is InChI=1S/C15H20N4O.2ClH/c1-2-16-12-13-5-3-6-14(11-13)18-15(20)7-10-19-9-4-8-17-19;;/h3-6,8-9,11,16H,2,7,10,12H2,1H3,(H,18,20);2*1H. The number of benzene rings is 1. The van der Waals surface area contributed by atoms with Gasteiger partial charge >= 0.3 is 0 Å². The lowest BCUT2D eigenvalue weighted by atomic mass is 10.2. The highest BCUT2D eigenvalue weighted by molar-refractivity contribution is 5.90. The van der Waals surface area contributed by atoms with E-state index in [0.29, 0.717) is 13.0 Å². The van der Waals surface area contributed by atoms with Crippen LogP contribution in [0.2, 0.25) is 0 Å². The second-order valence-electron chi connectivity index (χ2n) is 4.55. The predicted octanol–water partition coefficient (Wildman–Crippen LogP) is 2.87. The van der Waals surface area contributed by atoms with Crippen molar-refractivity contribution >= 4 is 36.4 Å². The summed E-state index contributed by atoms with van der Waals surface area (Å²) in [6.07, 6.45) is 3.98. The molecule has 0 bridgehead atoms. The first-order valence-electron chi connectivity index (χ1n) is 6.85. The lowest BCUT2D eigenvalue weighted by molar-refractivity contribution is -0.116. The molecule has 0 radical (unpaired) electrons. The molecule has 5 nitrogen and oxygen atoms in total. The lowest BCUT2D eigenvalue weighted by Crippen LogP contribution is -2.15. The fraction of sp³-hybridized carbons (Fsp3) is 0.333. The van der Waals surface area contributed by atoms with Gasteiger partial charge in [0.25, 0.3) is 0 Å². The Morgan fingerprint density at radius 1 is 1.27 bits per heavy atom. The van der Waals surface area contributed by atoms with Crippen LogP contribution in [0.25, 0.3) is 0 Å². The zero-order chi connectivity index (χ0) is 14.2. The molecule has 0 unspecified atom stereocenters. The number of nitrogens with zero attached hydrogens (tertiary/aromatic N) is 2. The molecule has 122 valence electrons. The smallest absolute Gasteiger partial charge is 0.226 e. The molecule has 2 aromatic rings. The number of aryl methyl sites for hydroxylation is 1. The maximum Gasteiger partial charge on any atom is 0.226 e. The average molecular weight is 345 g/mol. The molecule has 0 saturated heterocycles. The van der Waals surface area contributed by atoms with Crippen molar-refractivity contribution < 1.29 is 4.79 Å². The normalized spacial score (nSPS) is 9.50. The van der Waals surface area contributed by atoms with Crippen LogP contribution >= 0.6 is 24.8 Å². The summed E-state index contributed by atoms with van der Waals surface area (Å²) in [5, 5.41) is 10.2. The lowest BCUT2D eigenvalue weighted by Gasteiger charge is -2.08. The first-order valence-corrected chi connectivity index (χ1v) is 6.85. The number of anilines is 1. The van der Waals surface area contributed by atoms with Crippen LogP contribution in [0.15, 0.2) is 42.7 Å². The van der Waals surface area contributed by atoms with Gasteiger partial charge in [-0.1, -0.05) is 19.1 Å². The van der Waals surface area contributed by atoms with E-state index in [1.807, 2.05) is 36.5 Å². The quantitative estimate of drug-likeness (QED) is 0.811. The molecule has 1 aromatic heterocycles. The van der Waals surface area contributed by atoms with E-state index in [0.717, 1.165) is 24.3 Å². The summed E-state index contributed by atoms with van der Waals surface area (Å²) >= 11 is 0. The molecule has 2 N–H and O–H groups in total. The molecule has 0 fully saturated rings. The van der Waals surface area contributed by atoms with Gasteiger partial charge in [0, 0.05) is 37.6 Å². The van der Waals surface area contributed by atoms with Crippen LogP contribution < -0.4 is 10.6 Å². The SMILES string of the molecule is CCNCc1cccc(NC(=O)CCn2cccn2)c1.Cl.Cl. The van der Waals surface area contributed by atoms with Gasteiger partial charge in [0.1, 0.15) is 0 Å². The second kappa shape index (κ2) is 11.1. The molecular formula is C15H22Cl2N4O. The maximum absolute atomic E-state index is 11.9. The zero-order valence-corrected chi connectivity index (χ0v) is 14.1. The molecular weight excluding hydrogens is 323 g/mol. The largest absolute Gasteiger partial charge is 0.326 e. The van der Waals surface area contributed by atoms with E-state index >= 15 is 0 Å². The molecule has 22 heavy (non-hydrogen) atoms. The third kappa shape index (κ3) is 6.93. The van der Waals surface area contributed by atoms with Crippen LogP contribution in [0.3, 0.4) is 0 Å². The van der Waals surface area contributed by atoms with Crippen molar-refractivity contribution in [3.05, 3.63) is 48.3 Å². The summed E-state index contributed by atoms with van der Waals surface area (Å²) in [6.45, 7) is 4.41. The van der Waals surface area contributed by atoms with E-state index in [4.69, 9.17) is 0 Å². The number of carbonyl (C=O) groups is 1. The van der Waals surface area contributed by atoms with Gasteiger partial charge in [-0.2, -0.15) is 5.10 Å². The number of carbonyl (C=O) groups excluding carboxylic acids is 1. The van der Waals surface area contributed by atoms with Crippen LogP contribution in [0.4, 0.5) is 5.69 Å². The van der Waals surface area contributed by atoms with Crippen LogP contribution in [-0.2, 0) is 17.9 Å². The Bertz CT molecular complexity index is 546.